The molecule has 0 aliphatic carbocycles. The summed E-state index contributed by atoms with van der Waals surface area (Å²) in [5.41, 5.74) is 7.21. The van der Waals surface area contributed by atoms with E-state index < -0.39 is 17.1 Å². The SMILES string of the molecule is CN1C(=N)N[C@](C)(c2cccc(N)c2)[C@@H](c2ccc(C(C)(C)O)cc2)C1=O. The highest BCUT2D eigenvalue weighted by atomic mass is 16.3. The van der Waals surface area contributed by atoms with Gasteiger partial charge in [0, 0.05) is 12.7 Å². The van der Waals surface area contributed by atoms with E-state index in [1.165, 1.54) is 4.90 Å². The molecule has 3 rings (SSSR count). The average molecular weight is 366 g/mol. The fraction of sp³-hybridized carbons (Fsp3) is 0.333. The van der Waals surface area contributed by atoms with Gasteiger partial charge in [0.2, 0.25) is 5.91 Å². The number of amides is 1. The number of aliphatic hydroxyl groups is 1. The number of hydrogen-bond donors (Lipinski definition) is 4. The van der Waals surface area contributed by atoms with E-state index in [-0.39, 0.29) is 11.9 Å². The largest absolute Gasteiger partial charge is 0.399 e. The van der Waals surface area contributed by atoms with Crippen LogP contribution in [-0.2, 0) is 15.9 Å². The summed E-state index contributed by atoms with van der Waals surface area (Å²) < 4.78 is 0. The molecular formula is C21H26N4O2. The van der Waals surface area contributed by atoms with Gasteiger partial charge >= 0.3 is 0 Å². The van der Waals surface area contributed by atoms with Gasteiger partial charge < -0.3 is 16.2 Å². The van der Waals surface area contributed by atoms with Crippen LogP contribution in [0.15, 0.2) is 48.5 Å². The maximum absolute atomic E-state index is 13.2. The molecule has 1 aliphatic rings. The second-order valence-corrected chi connectivity index (χ2v) is 7.81. The van der Waals surface area contributed by atoms with Gasteiger partial charge in [0.05, 0.1) is 17.1 Å². The quantitative estimate of drug-likeness (QED) is 0.627. The Bertz CT molecular complexity index is 886. The molecule has 0 radical (unpaired) electrons. The lowest BCUT2D eigenvalue weighted by Gasteiger charge is -2.46. The van der Waals surface area contributed by atoms with E-state index in [9.17, 15) is 9.90 Å². The van der Waals surface area contributed by atoms with Crippen molar-refractivity contribution >= 4 is 17.6 Å². The van der Waals surface area contributed by atoms with Gasteiger partial charge in [-0.15, -0.1) is 0 Å². The summed E-state index contributed by atoms with van der Waals surface area (Å²) in [6, 6.07) is 14.8. The minimum atomic E-state index is -0.955. The Kier molecular flexibility index (Phi) is 4.48. The number of rotatable bonds is 3. The first kappa shape index (κ1) is 18.9. The zero-order chi connectivity index (χ0) is 20.0. The minimum Gasteiger partial charge on any atom is -0.399 e. The second kappa shape index (κ2) is 6.39. The van der Waals surface area contributed by atoms with Crippen molar-refractivity contribution in [1.82, 2.24) is 10.2 Å². The maximum atomic E-state index is 13.2. The summed E-state index contributed by atoms with van der Waals surface area (Å²) in [6.45, 7) is 5.36. The number of nitrogen functional groups attached to an aromatic ring is 1. The van der Waals surface area contributed by atoms with Gasteiger partial charge in [-0.3, -0.25) is 15.1 Å². The first-order chi connectivity index (χ1) is 12.5. The number of anilines is 1. The number of carbonyl (C=O) groups is 1. The van der Waals surface area contributed by atoms with Crippen LogP contribution in [0.1, 0.15) is 43.4 Å². The first-order valence-electron chi connectivity index (χ1n) is 8.87. The standard InChI is InChI=1S/C21H26N4O2/c1-20(2,27)14-10-8-13(9-11-14)17-18(26)25(4)19(23)24-21(17,3)15-6-5-7-16(22)12-15/h5-12,17,27H,22H2,1-4H3,(H2,23,24)/t17-,21+/m0/s1. The Hall–Kier alpha value is -2.86. The topological polar surface area (TPSA) is 102 Å². The van der Waals surface area contributed by atoms with Crippen molar-refractivity contribution in [2.45, 2.75) is 37.8 Å². The Morgan fingerprint density at radius 3 is 2.41 bits per heavy atom. The average Bonchev–Trinajstić information content (AvgIpc) is 2.59. The molecule has 0 saturated carbocycles. The van der Waals surface area contributed by atoms with Crippen LogP contribution in [0, 0.1) is 5.41 Å². The van der Waals surface area contributed by atoms with Crippen molar-refractivity contribution < 1.29 is 9.90 Å². The molecule has 1 aliphatic heterocycles. The summed E-state index contributed by atoms with van der Waals surface area (Å²) >= 11 is 0. The molecule has 0 aromatic heterocycles. The van der Waals surface area contributed by atoms with Crippen molar-refractivity contribution in [2.24, 2.45) is 0 Å². The van der Waals surface area contributed by atoms with Gasteiger partial charge in [-0.2, -0.15) is 0 Å². The summed E-state index contributed by atoms with van der Waals surface area (Å²) in [5, 5.41) is 21.6. The Morgan fingerprint density at radius 1 is 1.22 bits per heavy atom. The molecule has 1 heterocycles. The molecule has 0 spiro atoms. The fourth-order valence-corrected chi connectivity index (χ4v) is 3.61. The number of benzene rings is 2. The van der Waals surface area contributed by atoms with Crippen molar-refractivity contribution in [3.8, 4) is 0 Å². The van der Waals surface area contributed by atoms with Gasteiger partial charge in [0.1, 0.15) is 0 Å². The van der Waals surface area contributed by atoms with Crippen molar-refractivity contribution in [1.29, 1.82) is 5.41 Å². The Labute approximate surface area is 159 Å². The third kappa shape index (κ3) is 3.28. The van der Waals surface area contributed by atoms with Crippen molar-refractivity contribution in [2.75, 3.05) is 12.8 Å². The van der Waals surface area contributed by atoms with Crippen LogP contribution in [0.5, 0.6) is 0 Å². The number of guanidine groups is 1. The van der Waals surface area contributed by atoms with Crippen LogP contribution in [0.4, 0.5) is 5.69 Å². The lowest BCUT2D eigenvalue weighted by Crippen LogP contribution is -2.62. The van der Waals surface area contributed by atoms with Crippen LogP contribution >= 0.6 is 0 Å². The molecule has 0 unspecified atom stereocenters. The molecule has 6 heteroatoms. The normalized spacial score (nSPS) is 23.3. The molecule has 1 amide bonds. The number of nitrogens with zero attached hydrogens (tertiary/aromatic N) is 1. The van der Waals surface area contributed by atoms with Crippen LogP contribution in [0.3, 0.4) is 0 Å². The van der Waals surface area contributed by atoms with Crippen LogP contribution in [-0.4, -0.2) is 28.9 Å². The fourth-order valence-electron chi connectivity index (χ4n) is 3.61. The maximum Gasteiger partial charge on any atom is 0.239 e. The molecule has 2 aromatic carbocycles. The molecule has 1 saturated heterocycles. The van der Waals surface area contributed by atoms with E-state index in [4.69, 9.17) is 11.1 Å². The van der Waals surface area contributed by atoms with Crippen LogP contribution in [0.2, 0.25) is 0 Å². The summed E-state index contributed by atoms with van der Waals surface area (Å²) in [5.74, 6) is -0.664. The number of nitrogens with two attached hydrogens (primary N) is 1. The number of nitrogens with one attached hydrogen (secondary N) is 2. The van der Waals surface area contributed by atoms with Gasteiger partial charge in [0.15, 0.2) is 5.96 Å². The highest BCUT2D eigenvalue weighted by Gasteiger charge is 2.48. The van der Waals surface area contributed by atoms with E-state index in [0.717, 1.165) is 16.7 Å². The van der Waals surface area contributed by atoms with Crippen molar-refractivity contribution in [3.05, 3.63) is 65.2 Å². The Morgan fingerprint density at radius 2 is 1.85 bits per heavy atom. The number of likely N-dealkylation sites (N-methyl/N-ethyl adjacent to an activating group) is 1. The number of carbonyl (C=O) groups excluding carboxylic acids is 1. The second-order valence-electron chi connectivity index (χ2n) is 7.81. The van der Waals surface area contributed by atoms with E-state index in [0.29, 0.717) is 5.69 Å². The molecule has 0 bridgehead atoms. The first-order valence-corrected chi connectivity index (χ1v) is 8.87. The van der Waals surface area contributed by atoms with Gasteiger partial charge in [-0.25, -0.2) is 0 Å². The zero-order valence-electron chi connectivity index (χ0n) is 16.1. The molecule has 5 N–H and O–H groups in total. The van der Waals surface area contributed by atoms with E-state index in [1.54, 1.807) is 27.0 Å². The van der Waals surface area contributed by atoms with E-state index in [1.807, 2.05) is 49.4 Å². The predicted molar refractivity (Wildman–Crippen MR) is 106 cm³/mol. The van der Waals surface area contributed by atoms with Crippen LogP contribution in [0.25, 0.3) is 0 Å². The van der Waals surface area contributed by atoms with E-state index in [2.05, 4.69) is 5.32 Å². The lowest BCUT2D eigenvalue weighted by molar-refractivity contribution is -0.131. The van der Waals surface area contributed by atoms with Gasteiger partial charge in [0.25, 0.3) is 0 Å². The highest BCUT2D eigenvalue weighted by Crippen LogP contribution is 2.41. The summed E-state index contributed by atoms with van der Waals surface area (Å²) in [6.07, 6.45) is 0. The lowest BCUT2D eigenvalue weighted by atomic mass is 9.73. The smallest absolute Gasteiger partial charge is 0.239 e. The van der Waals surface area contributed by atoms with Crippen molar-refractivity contribution in [3.63, 3.8) is 0 Å². The third-order valence-corrected chi connectivity index (χ3v) is 5.31. The molecule has 2 aromatic rings. The van der Waals surface area contributed by atoms with Crippen LogP contribution < -0.4 is 11.1 Å². The van der Waals surface area contributed by atoms with Gasteiger partial charge in [-0.05, 0) is 49.6 Å². The summed E-state index contributed by atoms with van der Waals surface area (Å²) in [7, 11) is 1.59. The molecule has 1 fully saturated rings. The molecule has 6 nitrogen and oxygen atoms in total. The van der Waals surface area contributed by atoms with E-state index >= 15 is 0 Å². The Balaban J connectivity index is 2.13. The third-order valence-electron chi connectivity index (χ3n) is 5.31. The predicted octanol–water partition coefficient (Wildman–Crippen LogP) is 2.49. The number of hydrogen-bond acceptors (Lipinski definition) is 4. The molecular weight excluding hydrogens is 340 g/mol. The molecule has 2 atom stereocenters. The monoisotopic (exact) mass is 366 g/mol. The molecule has 142 valence electrons. The highest BCUT2D eigenvalue weighted by molar-refractivity contribution is 6.02. The summed E-state index contributed by atoms with van der Waals surface area (Å²) in [4.78, 5) is 14.5. The zero-order valence-corrected chi connectivity index (χ0v) is 16.1. The minimum absolute atomic E-state index is 0.0503. The van der Waals surface area contributed by atoms with Gasteiger partial charge in [-0.1, -0.05) is 36.4 Å². The molecule has 27 heavy (non-hydrogen) atoms.